The van der Waals surface area contributed by atoms with Crippen molar-refractivity contribution < 1.29 is 18.0 Å². The highest BCUT2D eigenvalue weighted by Crippen LogP contribution is 2.26. The van der Waals surface area contributed by atoms with Crippen LogP contribution in [0.15, 0.2) is 0 Å². The van der Waals surface area contributed by atoms with E-state index in [2.05, 4.69) is 20.7 Å². The van der Waals surface area contributed by atoms with Gasteiger partial charge in [-0.05, 0) is 37.8 Å². The molecule has 1 aromatic heterocycles. The summed E-state index contributed by atoms with van der Waals surface area (Å²) in [6, 6.07) is 0. The molecule has 2 atom stereocenters. The van der Waals surface area contributed by atoms with Gasteiger partial charge in [-0.15, -0.1) is 17.5 Å². The van der Waals surface area contributed by atoms with Crippen molar-refractivity contribution in [3.8, 4) is 0 Å². The molecular weight excluding hydrogens is 323 g/mol. The molecule has 1 amide bonds. The zero-order valence-corrected chi connectivity index (χ0v) is 12.9. The first-order chi connectivity index (χ1) is 9.86. The number of hydrogen-bond donors (Lipinski definition) is 3. The molecule has 1 fully saturated rings. The highest BCUT2D eigenvalue weighted by molar-refractivity contribution is 5.89. The standard InChI is InChI=1S/C12H18F3N5O.ClH/c1-7(8-3-2-4-16-6-8)5-9(21)17-11-18-10(19-20-11)12(13,14)15;/h7-8,16H,2-6H2,1H3,(H2,17,18,19,20,21);1H. The molecule has 0 aromatic carbocycles. The molecule has 22 heavy (non-hydrogen) atoms. The summed E-state index contributed by atoms with van der Waals surface area (Å²) in [6.45, 7) is 3.83. The average Bonchev–Trinajstić information content (AvgIpc) is 2.88. The molecule has 1 aliphatic rings. The number of piperidine rings is 1. The smallest absolute Gasteiger partial charge is 0.316 e. The number of amides is 1. The first-order valence-corrected chi connectivity index (χ1v) is 6.86. The maximum Gasteiger partial charge on any atom is 0.451 e. The fraction of sp³-hybridized carbons (Fsp3) is 0.750. The summed E-state index contributed by atoms with van der Waals surface area (Å²) in [5.41, 5.74) is 0. The number of anilines is 1. The quantitative estimate of drug-likeness (QED) is 0.784. The van der Waals surface area contributed by atoms with Crippen LogP contribution in [0.3, 0.4) is 0 Å². The summed E-state index contributed by atoms with van der Waals surface area (Å²) >= 11 is 0. The zero-order valence-electron chi connectivity index (χ0n) is 12.0. The number of aromatic nitrogens is 3. The van der Waals surface area contributed by atoms with E-state index >= 15 is 0 Å². The van der Waals surface area contributed by atoms with Crippen molar-refractivity contribution in [2.24, 2.45) is 11.8 Å². The molecule has 1 aromatic rings. The molecule has 10 heteroatoms. The third-order valence-corrected chi connectivity index (χ3v) is 3.65. The molecule has 0 bridgehead atoms. The number of alkyl halides is 3. The highest BCUT2D eigenvalue weighted by atomic mass is 35.5. The molecule has 6 nitrogen and oxygen atoms in total. The lowest BCUT2D eigenvalue weighted by Crippen LogP contribution is -2.34. The summed E-state index contributed by atoms with van der Waals surface area (Å²) in [5, 5.41) is 10.7. The lowest BCUT2D eigenvalue weighted by atomic mass is 9.85. The van der Waals surface area contributed by atoms with Crippen molar-refractivity contribution in [2.75, 3.05) is 18.4 Å². The Kier molecular flexibility index (Phi) is 6.61. The van der Waals surface area contributed by atoms with Crippen LogP contribution in [0.25, 0.3) is 0 Å². The highest BCUT2D eigenvalue weighted by Gasteiger charge is 2.35. The lowest BCUT2D eigenvalue weighted by molar-refractivity contribution is -0.144. The molecular formula is C12H19ClF3N5O. The monoisotopic (exact) mass is 341 g/mol. The van der Waals surface area contributed by atoms with Gasteiger partial charge in [0.05, 0.1) is 0 Å². The van der Waals surface area contributed by atoms with Crippen LogP contribution in [0.4, 0.5) is 19.1 Å². The summed E-state index contributed by atoms with van der Waals surface area (Å²) in [7, 11) is 0. The number of hydrogen-bond acceptors (Lipinski definition) is 4. The summed E-state index contributed by atoms with van der Waals surface area (Å²) in [5.74, 6) is -1.38. The first-order valence-electron chi connectivity index (χ1n) is 6.86. The van der Waals surface area contributed by atoms with Gasteiger partial charge < -0.3 is 5.32 Å². The Bertz CT molecular complexity index is 487. The minimum absolute atomic E-state index is 0. The van der Waals surface area contributed by atoms with E-state index in [9.17, 15) is 18.0 Å². The Morgan fingerprint density at radius 3 is 2.77 bits per heavy atom. The number of carbonyl (C=O) groups excluding carboxylic acids is 1. The number of nitrogens with one attached hydrogen (secondary N) is 3. The van der Waals surface area contributed by atoms with Gasteiger partial charge in [-0.3, -0.25) is 15.2 Å². The van der Waals surface area contributed by atoms with Gasteiger partial charge in [0.15, 0.2) is 0 Å². The van der Waals surface area contributed by atoms with Crippen molar-refractivity contribution in [3.63, 3.8) is 0 Å². The third-order valence-electron chi connectivity index (χ3n) is 3.65. The summed E-state index contributed by atoms with van der Waals surface area (Å²) in [4.78, 5) is 15.0. The van der Waals surface area contributed by atoms with E-state index in [0.717, 1.165) is 25.9 Å². The topological polar surface area (TPSA) is 82.7 Å². The summed E-state index contributed by atoms with van der Waals surface area (Å²) in [6.07, 6.45) is -2.23. The van der Waals surface area contributed by atoms with Gasteiger partial charge in [-0.1, -0.05) is 6.92 Å². The average molecular weight is 342 g/mol. The van der Waals surface area contributed by atoms with Crippen molar-refractivity contribution in [3.05, 3.63) is 5.82 Å². The van der Waals surface area contributed by atoms with Crippen LogP contribution < -0.4 is 10.6 Å². The van der Waals surface area contributed by atoms with Crippen LogP contribution in [0.2, 0.25) is 0 Å². The van der Waals surface area contributed by atoms with Gasteiger partial charge in [0.2, 0.25) is 17.7 Å². The molecule has 2 unspecified atom stereocenters. The Hall–Kier alpha value is -1.35. The Morgan fingerprint density at radius 2 is 2.23 bits per heavy atom. The fourth-order valence-electron chi connectivity index (χ4n) is 2.44. The van der Waals surface area contributed by atoms with E-state index in [-0.39, 0.29) is 36.6 Å². The SMILES string of the molecule is CC(CC(=O)Nc1n[nH]c(C(F)(F)F)n1)C1CCCNC1.Cl. The Labute approximate surface area is 132 Å². The van der Waals surface area contributed by atoms with Gasteiger partial charge in [-0.2, -0.15) is 18.2 Å². The van der Waals surface area contributed by atoms with E-state index in [4.69, 9.17) is 0 Å². The van der Waals surface area contributed by atoms with Crippen LogP contribution in [0.1, 0.15) is 32.0 Å². The van der Waals surface area contributed by atoms with E-state index in [0.29, 0.717) is 5.92 Å². The molecule has 0 spiro atoms. The number of carbonyl (C=O) groups is 1. The van der Waals surface area contributed by atoms with Gasteiger partial charge in [-0.25, -0.2) is 0 Å². The second-order valence-corrected chi connectivity index (χ2v) is 5.34. The minimum Gasteiger partial charge on any atom is -0.316 e. The van der Waals surface area contributed by atoms with Crippen molar-refractivity contribution >= 4 is 24.3 Å². The molecule has 0 radical (unpaired) electrons. The molecule has 126 valence electrons. The van der Waals surface area contributed by atoms with Crippen LogP contribution in [-0.4, -0.2) is 34.2 Å². The van der Waals surface area contributed by atoms with Crippen LogP contribution in [0, 0.1) is 11.8 Å². The Balaban J connectivity index is 0.00000242. The number of halogens is 4. The van der Waals surface area contributed by atoms with Crippen molar-refractivity contribution in [1.82, 2.24) is 20.5 Å². The third kappa shape index (κ3) is 5.13. The number of nitrogens with zero attached hydrogens (tertiary/aromatic N) is 2. The van der Waals surface area contributed by atoms with Crippen LogP contribution >= 0.6 is 12.4 Å². The maximum absolute atomic E-state index is 12.3. The molecule has 1 aliphatic heterocycles. The van der Waals surface area contributed by atoms with Crippen molar-refractivity contribution in [2.45, 2.75) is 32.4 Å². The van der Waals surface area contributed by atoms with E-state index in [1.54, 1.807) is 5.10 Å². The largest absolute Gasteiger partial charge is 0.451 e. The molecule has 3 N–H and O–H groups in total. The first kappa shape index (κ1) is 18.7. The molecule has 0 saturated carbocycles. The lowest BCUT2D eigenvalue weighted by Gasteiger charge is -2.27. The maximum atomic E-state index is 12.3. The van der Waals surface area contributed by atoms with Gasteiger partial charge in [0.1, 0.15) is 0 Å². The van der Waals surface area contributed by atoms with Gasteiger partial charge in [0, 0.05) is 6.42 Å². The van der Waals surface area contributed by atoms with Crippen LogP contribution in [-0.2, 0) is 11.0 Å². The minimum atomic E-state index is -4.60. The number of rotatable bonds is 4. The molecule has 2 rings (SSSR count). The predicted molar refractivity (Wildman–Crippen MR) is 76.6 cm³/mol. The summed E-state index contributed by atoms with van der Waals surface area (Å²) < 4.78 is 37.0. The van der Waals surface area contributed by atoms with Crippen molar-refractivity contribution in [1.29, 1.82) is 0 Å². The van der Waals surface area contributed by atoms with Crippen LogP contribution in [0.5, 0.6) is 0 Å². The molecule has 0 aliphatic carbocycles. The van der Waals surface area contributed by atoms with Gasteiger partial charge >= 0.3 is 6.18 Å². The second-order valence-electron chi connectivity index (χ2n) is 5.34. The van der Waals surface area contributed by atoms with E-state index in [1.807, 2.05) is 6.92 Å². The number of aromatic amines is 1. The number of H-pyrrole nitrogens is 1. The normalized spacial score (nSPS) is 20.1. The second kappa shape index (κ2) is 7.77. The fourth-order valence-corrected chi connectivity index (χ4v) is 2.44. The Morgan fingerprint density at radius 1 is 1.50 bits per heavy atom. The van der Waals surface area contributed by atoms with E-state index in [1.165, 1.54) is 0 Å². The molecule has 1 saturated heterocycles. The zero-order chi connectivity index (χ0) is 15.5. The van der Waals surface area contributed by atoms with Gasteiger partial charge in [0.25, 0.3) is 0 Å². The predicted octanol–water partition coefficient (Wildman–Crippen LogP) is 2.21. The molecule has 2 heterocycles. The van der Waals surface area contributed by atoms with E-state index < -0.39 is 12.0 Å².